The number of carbonyl (C=O) groups excluding carboxylic acids is 1. The van der Waals surface area contributed by atoms with Gasteiger partial charge in [-0.3, -0.25) is 0 Å². The quantitative estimate of drug-likeness (QED) is 0.703. The predicted molar refractivity (Wildman–Crippen MR) is 112 cm³/mol. The molecule has 1 atom stereocenters. The summed E-state index contributed by atoms with van der Waals surface area (Å²) in [6, 6.07) is 14.5. The normalized spacial score (nSPS) is 16.3. The molecule has 5 heteroatoms. The van der Waals surface area contributed by atoms with Gasteiger partial charge in [0.2, 0.25) is 0 Å². The molecule has 5 nitrogen and oxygen atoms in total. The van der Waals surface area contributed by atoms with Gasteiger partial charge in [0.05, 0.1) is 13.2 Å². The van der Waals surface area contributed by atoms with Gasteiger partial charge in [-0.05, 0) is 56.5 Å². The molecule has 0 spiro atoms. The van der Waals surface area contributed by atoms with Crippen LogP contribution in [0.4, 0.5) is 4.79 Å². The highest BCUT2D eigenvalue weighted by molar-refractivity contribution is 5.87. The van der Waals surface area contributed by atoms with Crippen LogP contribution in [0.1, 0.15) is 42.3 Å². The van der Waals surface area contributed by atoms with Crippen LogP contribution in [0.15, 0.2) is 42.5 Å². The average molecular weight is 377 g/mol. The number of methoxy groups -OCH3 is 1. The first-order valence-corrected chi connectivity index (χ1v) is 9.80. The monoisotopic (exact) mass is 377 g/mol. The molecule has 2 amide bonds. The van der Waals surface area contributed by atoms with Crippen molar-refractivity contribution in [2.75, 3.05) is 13.7 Å². The van der Waals surface area contributed by atoms with Gasteiger partial charge in [-0.15, -0.1) is 0 Å². The molecule has 0 aliphatic carbocycles. The summed E-state index contributed by atoms with van der Waals surface area (Å²) in [7, 11) is 1.69. The van der Waals surface area contributed by atoms with Gasteiger partial charge in [-0.25, -0.2) is 4.79 Å². The number of nitrogens with one attached hydrogen (secondary N) is 2. The number of urea groups is 1. The number of H-pyrrole nitrogens is 1. The van der Waals surface area contributed by atoms with Crippen molar-refractivity contribution in [3.8, 4) is 5.75 Å². The third kappa shape index (κ3) is 3.21. The summed E-state index contributed by atoms with van der Waals surface area (Å²) < 4.78 is 5.42. The fourth-order valence-corrected chi connectivity index (χ4v) is 4.04. The van der Waals surface area contributed by atoms with E-state index in [1.807, 2.05) is 24.8 Å². The highest BCUT2D eigenvalue weighted by atomic mass is 16.5. The molecule has 2 N–H and O–H groups in total. The number of aryl methyl sites for hydroxylation is 1. The minimum atomic E-state index is -0.138. The van der Waals surface area contributed by atoms with Crippen LogP contribution < -0.4 is 10.1 Å². The molecular formula is C23H27N3O2. The molecule has 0 radical (unpaired) electrons. The Morgan fingerprint density at radius 2 is 1.96 bits per heavy atom. The number of rotatable bonds is 3. The Morgan fingerprint density at radius 1 is 1.21 bits per heavy atom. The molecule has 1 aromatic heterocycles. The zero-order valence-electron chi connectivity index (χ0n) is 16.9. The van der Waals surface area contributed by atoms with E-state index in [1.165, 1.54) is 16.5 Å². The number of aromatic nitrogens is 1. The molecular weight excluding hydrogens is 350 g/mol. The second kappa shape index (κ2) is 7.23. The smallest absolute Gasteiger partial charge is 0.318 e. The molecule has 28 heavy (non-hydrogen) atoms. The first-order valence-electron chi connectivity index (χ1n) is 9.80. The van der Waals surface area contributed by atoms with Crippen molar-refractivity contribution in [2.24, 2.45) is 0 Å². The minimum Gasteiger partial charge on any atom is -0.497 e. The van der Waals surface area contributed by atoms with Gasteiger partial charge in [-0.1, -0.05) is 29.8 Å². The summed E-state index contributed by atoms with van der Waals surface area (Å²) in [5.41, 5.74) is 5.77. The lowest BCUT2D eigenvalue weighted by Crippen LogP contribution is -2.47. The number of hydrogen-bond donors (Lipinski definition) is 2. The van der Waals surface area contributed by atoms with Crippen LogP contribution in [0.3, 0.4) is 0 Å². The maximum atomic E-state index is 13.0. The van der Waals surface area contributed by atoms with Crippen LogP contribution in [0.25, 0.3) is 10.9 Å². The molecule has 2 aromatic carbocycles. The highest BCUT2D eigenvalue weighted by Crippen LogP contribution is 2.39. The predicted octanol–water partition coefficient (Wildman–Crippen LogP) is 4.55. The van der Waals surface area contributed by atoms with E-state index in [9.17, 15) is 4.79 Å². The van der Waals surface area contributed by atoms with Crippen LogP contribution in [-0.2, 0) is 6.42 Å². The van der Waals surface area contributed by atoms with Crippen LogP contribution in [-0.4, -0.2) is 35.6 Å². The second-order valence-corrected chi connectivity index (χ2v) is 7.79. The van der Waals surface area contributed by atoms with E-state index in [4.69, 9.17) is 4.74 Å². The van der Waals surface area contributed by atoms with Crippen molar-refractivity contribution in [3.63, 3.8) is 0 Å². The molecule has 3 aromatic rings. The lowest BCUT2D eigenvalue weighted by atomic mass is 9.92. The second-order valence-electron chi connectivity index (χ2n) is 7.79. The van der Waals surface area contributed by atoms with E-state index in [0.717, 1.165) is 28.9 Å². The van der Waals surface area contributed by atoms with Gasteiger partial charge in [0.25, 0.3) is 0 Å². The summed E-state index contributed by atoms with van der Waals surface area (Å²) in [5, 5.41) is 4.24. The van der Waals surface area contributed by atoms with Gasteiger partial charge in [0.15, 0.2) is 0 Å². The zero-order valence-corrected chi connectivity index (χ0v) is 16.9. The number of nitrogens with zero attached hydrogens (tertiary/aromatic N) is 1. The summed E-state index contributed by atoms with van der Waals surface area (Å²) in [4.78, 5) is 18.5. The van der Waals surface area contributed by atoms with Crippen molar-refractivity contribution < 1.29 is 9.53 Å². The topological polar surface area (TPSA) is 57.4 Å². The van der Waals surface area contributed by atoms with E-state index in [-0.39, 0.29) is 18.1 Å². The van der Waals surface area contributed by atoms with E-state index in [2.05, 4.69) is 53.6 Å². The fraction of sp³-hybridized carbons (Fsp3) is 0.348. The van der Waals surface area contributed by atoms with Crippen molar-refractivity contribution >= 4 is 16.9 Å². The Hall–Kier alpha value is -2.95. The standard InChI is InChI=1S/C23H27N3O2/c1-14(2)24-23(27)26-12-11-18-19-13-17(28-4)9-10-20(19)25-21(18)22(26)16-7-5-15(3)6-8-16/h5-10,13-14,22,25H,11-12H2,1-4H3,(H,24,27)/t22-/m1/s1. The van der Waals surface area contributed by atoms with Gasteiger partial charge >= 0.3 is 6.03 Å². The van der Waals surface area contributed by atoms with E-state index >= 15 is 0 Å². The number of benzene rings is 2. The number of amides is 2. The first-order chi connectivity index (χ1) is 13.5. The Balaban J connectivity index is 1.85. The average Bonchev–Trinajstić information content (AvgIpc) is 3.05. The van der Waals surface area contributed by atoms with Gasteiger partial charge in [-0.2, -0.15) is 0 Å². The number of ether oxygens (including phenoxy) is 1. The Bertz CT molecular complexity index is 1000. The Labute approximate surface area is 165 Å². The molecule has 1 aliphatic heterocycles. The molecule has 0 saturated carbocycles. The third-order valence-electron chi connectivity index (χ3n) is 5.40. The Morgan fingerprint density at radius 3 is 2.64 bits per heavy atom. The molecule has 0 bridgehead atoms. The molecule has 146 valence electrons. The molecule has 0 fully saturated rings. The van der Waals surface area contributed by atoms with E-state index in [1.54, 1.807) is 7.11 Å². The maximum Gasteiger partial charge on any atom is 0.318 e. The minimum absolute atomic E-state index is 0.0255. The Kier molecular flexibility index (Phi) is 4.75. The lowest BCUT2D eigenvalue weighted by molar-refractivity contribution is 0.177. The number of aromatic amines is 1. The lowest BCUT2D eigenvalue weighted by Gasteiger charge is -2.36. The maximum absolute atomic E-state index is 13.0. The zero-order chi connectivity index (χ0) is 19.8. The summed E-state index contributed by atoms with van der Waals surface area (Å²) in [6.45, 7) is 6.73. The third-order valence-corrected chi connectivity index (χ3v) is 5.40. The first kappa shape index (κ1) is 18.4. The van der Waals surface area contributed by atoms with Crippen LogP contribution in [0, 0.1) is 6.92 Å². The molecule has 0 saturated heterocycles. The van der Waals surface area contributed by atoms with Crippen molar-refractivity contribution in [2.45, 2.75) is 39.3 Å². The highest BCUT2D eigenvalue weighted by Gasteiger charge is 2.34. The van der Waals surface area contributed by atoms with Crippen LogP contribution in [0.2, 0.25) is 0 Å². The SMILES string of the molecule is COc1ccc2[nH]c3c(c2c1)CCN(C(=O)NC(C)C)[C@@H]3c1ccc(C)cc1. The molecule has 0 unspecified atom stereocenters. The summed E-state index contributed by atoms with van der Waals surface area (Å²) in [5.74, 6) is 0.848. The largest absolute Gasteiger partial charge is 0.497 e. The summed E-state index contributed by atoms with van der Waals surface area (Å²) >= 11 is 0. The fourth-order valence-electron chi connectivity index (χ4n) is 4.04. The van der Waals surface area contributed by atoms with Crippen LogP contribution in [0.5, 0.6) is 5.75 Å². The van der Waals surface area contributed by atoms with Crippen molar-refractivity contribution in [1.82, 2.24) is 15.2 Å². The molecule has 1 aliphatic rings. The van der Waals surface area contributed by atoms with E-state index in [0.29, 0.717) is 6.54 Å². The van der Waals surface area contributed by atoms with Gasteiger partial charge < -0.3 is 19.9 Å². The van der Waals surface area contributed by atoms with Crippen LogP contribution >= 0.6 is 0 Å². The number of hydrogen-bond acceptors (Lipinski definition) is 2. The van der Waals surface area contributed by atoms with Crippen molar-refractivity contribution in [1.29, 1.82) is 0 Å². The number of fused-ring (bicyclic) bond motifs is 3. The number of carbonyl (C=O) groups is 1. The molecule has 2 heterocycles. The molecule has 4 rings (SSSR count). The van der Waals surface area contributed by atoms with Gasteiger partial charge in [0, 0.05) is 29.2 Å². The van der Waals surface area contributed by atoms with Crippen molar-refractivity contribution in [3.05, 3.63) is 64.8 Å². The van der Waals surface area contributed by atoms with E-state index < -0.39 is 0 Å². The van der Waals surface area contributed by atoms with Gasteiger partial charge in [0.1, 0.15) is 5.75 Å². The summed E-state index contributed by atoms with van der Waals surface area (Å²) in [6.07, 6.45) is 0.816.